The molecule has 0 N–H and O–H groups in total. The van der Waals surface area contributed by atoms with Gasteiger partial charge in [0.25, 0.3) is 0 Å². The van der Waals surface area contributed by atoms with Crippen molar-refractivity contribution in [1.29, 1.82) is 0 Å². The molecular weight excluding hydrogens is 312 g/mol. The Kier molecular flexibility index (Phi) is 20.6. The van der Waals surface area contributed by atoms with E-state index in [9.17, 15) is 4.79 Å². The predicted octanol–water partition coefficient (Wildman–Crippen LogP) is 8.08. The van der Waals surface area contributed by atoms with Crippen molar-refractivity contribution in [3.8, 4) is 0 Å². The molecule has 0 heterocycles. The molecule has 0 unspecified atom stereocenters. The summed E-state index contributed by atoms with van der Waals surface area (Å²) >= 11 is 1.50. The summed E-state index contributed by atoms with van der Waals surface area (Å²) in [6.07, 6.45) is 25.0. The fourth-order valence-corrected chi connectivity index (χ4v) is 3.60. The van der Waals surface area contributed by atoms with E-state index < -0.39 is 0 Å². The second-order valence-electron chi connectivity index (χ2n) is 6.95. The Labute approximate surface area is 156 Å². The van der Waals surface area contributed by atoms with Crippen LogP contribution in [0, 0.1) is 0 Å². The SMILES string of the molecule is CCCCCCC/C=C/C(=O)SCCCCCCCCCCCC. The number of rotatable bonds is 18. The molecule has 0 radical (unpaired) electrons. The Morgan fingerprint density at radius 2 is 1.12 bits per heavy atom. The molecule has 0 saturated carbocycles. The van der Waals surface area contributed by atoms with Crippen LogP contribution in [0.2, 0.25) is 0 Å². The minimum atomic E-state index is 0.250. The number of allylic oxidation sites excluding steroid dienone is 1. The lowest BCUT2D eigenvalue weighted by Gasteiger charge is -2.02. The van der Waals surface area contributed by atoms with Gasteiger partial charge in [-0.2, -0.15) is 0 Å². The van der Waals surface area contributed by atoms with Crippen LogP contribution in [0.25, 0.3) is 0 Å². The van der Waals surface area contributed by atoms with E-state index in [0.717, 1.165) is 12.2 Å². The van der Waals surface area contributed by atoms with Crippen molar-refractivity contribution >= 4 is 16.9 Å². The molecule has 24 heavy (non-hydrogen) atoms. The highest BCUT2D eigenvalue weighted by molar-refractivity contribution is 8.14. The topological polar surface area (TPSA) is 17.1 Å². The number of hydrogen-bond acceptors (Lipinski definition) is 2. The van der Waals surface area contributed by atoms with Crippen molar-refractivity contribution in [2.75, 3.05) is 5.75 Å². The maximum Gasteiger partial charge on any atom is 0.211 e. The number of unbranched alkanes of at least 4 members (excludes halogenated alkanes) is 14. The van der Waals surface area contributed by atoms with E-state index in [4.69, 9.17) is 0 Å². The maximum absolute atomic E-state index is 11.7. The first kappa shape index (κ1) is 23.8. The fraction of sp³-hybridized carbons (Fsp3) is 0.864. The summed E-state index contributed by atoms with van der Waals surface area (Å²) in [7, 11) is 0. The average Bonchev–Trinajstić information content (AvgIpc) is 2.59. The highest BCUT2D eigenvalue weighted by Crippen LogP contribution is 2.13. The summed E-state index contributed by atoms with van der Waals surface area (Å²) in [5.41, 5.74) is 0. The van der Waals surface area contributed by atoms with Gasteiger partial charge >= 0.3 is 0 Å². The van der Waals surface area contributed by atoms with Gasteiger partial charge in [0.2, 0.25) is 5.12 Å². The van der Waals surface area contributed by atoms with Gasteiger partial charge in [0.1, 0.15) is 0 Å². The van der Waals surface area contributed by atoms with Crippen LogP contribution in [-0.4, -0.2) is 10.9 Å². The van der Waals surface area contributed by atoms with Gasteiger partial charge in [-0.15, -0.1) is 0 Å². The monoisotopic (exact) mass is 354 g/mol. The average molecular weight is 355 g/mol. The lowest BCUT2D eigenvalue weighted by molar-refractivity contribution is -0.107. The smallest absolute Gasteiger partial charge is 0.211 e. The third-order valence-corrected chi connectivity index (χ3v) is 5.38. The first-order chi connectivity index (χ1) is 11.8. The quantitative estimate of drug-likeness (QED) is 0.183. The fourth-order valence-electron chi connectivity index (χ4n) is 2.86. The van der Waals surface area contributed by atoms with Crippen molar-refractivity contribution in [2.45, 2.75) is 117 Å². The highest BCUT2D eigenvalue weighted by Gasteiger charge is 1.98. The summed E-state index contributed by atoms with van der Waals surface area (Å²) in [6, 6.07) is 0. The summed E-state index contributed by atoms with van der Waals surface area (Å²) in [4.78, 5) is 11.7. The van der Waals surface area contributed by atoms with Crippen LogP contribution in [0.4, 0.5) is 0 Å². The van der Waals surface area contributed by atoms with Gasteiger partial charge in [0, 0.05) is 5.75 Å². The zero-order valence-corrected chi connectivity index (χ0v) is 17.3. The van der Waals surface area contributed by atoms with Gasteiger partial charge in [0.15, 0.2) is 0 Å². The van der Waals surface area contributed by atoms with E-state index in [1.807, 2.05) is 0 Å². The van der Waals surface area contributed by atoms with Gasteiger partial charge < -0.3 is 0 Å². The summed E-state index contributed by atoms with van der Waals surface area (Å²) in [5, 5.41) is 0.250. The van der Waals surface area contributed by atoms with E-state index >= 15 is 0 Å². The molecule has 0 aliphatic carbocycles. The number of carbonyl (C=O) groups is 1. The van der Waals surface area contributed by atoms with Crippen LogP contribution in [0.3, 0.4) is 0 Å². The van der Waals surface area contributed by atoms with Crippen LogP contribution in [0.5, 0.6) is 0 Å². The molecular formula is C22H42OS. The van der Waals surface area contributed by atoms with Crippen LogP contribution in [0.1, 0.15) is 117 Å². The third kappa shape index (κ3) is 19.8. The molecule has 0 aliphatic rings. The van der Waals surface area contributed by atoms with Crippen LogP contribution in [-0.2, 0) is 4.79 Å². The first-order valence-electron chi connectivity index (χ1n) is 10.6. The molecule has 0 spiro atoms. The zero-order chi connectivity index (χ0) is 17.7. The van der Waals surface area contributed by atoms with Gasteiger partial charge in [0.05, 0.1) is 0 Å². The van der Waals surface area contributed by atoms with E-state index in [1.54, 1.807) is 6.08 Å². The van der Waals surface area contributed by atoms with Crippen molar-refractivity contribution in [2.24, 2.45) is 0 Å². The Hall–Kier alpha value is -0.240. The molecule has 0 bridgehead atoms. The number of hydrogen-bond donors (Lipinski definition) is 0. The summed E-state index contributed by atoms with van der Waals surface area (Å²) in [5.74, 6) is 0.996. The van der Waals surface area contributed by atoms with E-state index in [2.05, 4.69) is 19.9 Å². The van der Waals surface area contributed by atoms with Crippen LogP contribution >= 0.6 is 11.8 Å². The Morgan fingerprint density at radius 1 is 0.667 bits per heavy atom. The molecule has 0 aromatic rings. The molecule has 0 atom stereocenters. The van der Waals surface area contributed by atoms with Crippen LogP contribution < -0.4 is 0 Å². The lowest BCUT2D eigenvalue weighted by Crippen LogP contribution is -1.89. The van der Waals surface area contributed by atoms with Gasteiger partial charge in [-0.25, -0.2) is 0 Å². The third-order valence-electron chi connectivity index (χ3n) is 4.47. The highest BCUT2D eigenvalue weighted by atomic mass is 32.2. The molecule has 0 aliphatic heterocycles. The zero-order valence-electron chi connectivity index (χ0n) is 16.5. The molecule has 0 aromatic heterocycles. The summed E-state index contributed by atoms with van der Waals surface area (Å²) in [6.45, 7) is 4.51. The number of thioether (sulfide) groups is 1. The molecule has 0 aromatic carbocycles. The van der Waals surface area contributed by atoms with E-state index in [1.165, 1.54) is 108 Å². The van der Waals surface area contributed by atoms with Crippen molar-refractivity contribution in [1.82, 2.24) is 0 Å². The van der Waals surface area contributed by atoms with Gasteiger partial charge in [-0.05, 0) is 25.3 Å². The normalized spacial score (nSPS) is 11.4. The Morgan fingerprint density at radius 3 is 1.67 bits per heavy atom. The molecule has 2 heteroatoms. The predicted molar refractivity (Wildman–Crippen MR) is 112 cm³/mol. The summed E-state index contributed by atoms with van der Waals surface area (Å²) < 4.78 is 0. The standard InChI is InChI=1S/C22H42OS/c1-3-5-7-9-11-12-13-15-17-19-21-24-22(23)20-18-16-14-10-8-6-4-2/h18,20H,3-17,19,21H2,1-2H3/b20-18+. The maximum atomic E-state index is 11.7. The molecule has 1 nitrogen and oxygen atoms in total. The Balaban J connectivity index is 3.22. The molecule has 0 amide bonds. The van der Waals surface area contributed by atoms with Gasteiger partial charge in [-0.1, -0.05) is 115 Å². The number of carbonyl (C=O) groups excluding carboxylic acids is 1. The largest absolute Gasteiger partial charge is 0.282 e. The van der Waals surface area contributed by atoms with E-state index in [0.29, 0.717) is 0 Å². The molecule has 0 fully saturated rings. The first-order valence-corrected chi connectivity index (χ1v) is 11.6. The van der Waals surface area contributed by atoms with E-state index in [-0.39, 0.29) is 5.12 Å². The van der Waals surface area contributed by atoms with Crippen molar-refractivity contribution < 1.29 is 4.79 Å². The Bertz CT molecular complexity index is 286. The second kappa shape index (κ2) is 20.8. The minimum Gasteiger partial charge on any atom is -0.282 e. The second-order valence-corrected chi connectivity index (χ2v) is 8.05. The molecule has 0 rings (SSSR count). The minimum absolute atomic E-state index is 0.250. The molecule has 0 saturated heterocycles. The lowest BCUT2D eigenvalue weighted by atomic mass is 10.1. The van der Waals surface area contributed by atoms with Gasteiger partial charge in [-0.3, -0.25) is 4.79 Å². The molecule has 142 valence electrons. The van der Waals surface area contributed by atoms with Crippen molar-refractivity contribution in [3.05, 3.63) is 12.2 Å². The van der Waals surface area contributed by atoms with Crippen molar-refractivity contribution in [3.63, 3.8) is 0 Å². The van der Waals surface area contributed by atoms with Crippen LogP contribution in [0.15, 0.2) is 12.2 Å².